The molecule has 3 aliphatic carbocycles. The van der Waals surface area contributed by atoms with Crippen molar-refractivity contribution in [1.29, 1.82) is 0 Å². The third kappa shape index (κ3) is 1.73. The monoisotopic (exact) mass is 207 g/mol. The molecule has 0 amide bonds. The first-order valence-corrected chi connectivity index (χ1v) is 7.10. The SMILES string of the molecule is CCC1CC1NC1CCC12CCCCC2. The minimum Gasteiger partial charge on any atom is -0.310 e. The molecule has 15 heavy (non-hydrogen) atoms. The lowest BCUT2D eigenvalue weighted by Crippen LogP contribution is -2.55. The van der Waals surface area contributed by atoms with Gasteiger partial charge in [-0.25, -0.2) is 0 Å². The average Bonchev–Trinajstić information content (AvgIpc) is 3.04. The quantitative estimate of drug-likeness (QED) is 0.747. The Bertz CT molecular complexity index is 229. The van der Waals surface area contributed by atoms with Crippen LogP contribution in [-0.2, 0) is 0 Å². The van der Waals surface area contributed by atoms with E-state index in [4.69, 9.17) is 0 Å². The molecule has 0 bridgehead atoms. The zero-order valence-corrected chi connectivity index (χ0v) is 10.1. The molecule has 3 fully saturated rings. The molecule has 3 atom stereocenters. The average molecular weight is 207 g/mol. The smallest absolute Gasteiger partial charge is 0.0126 e. The van der Waals surface area contributed by atoms with E-state index in [9.17, 15) is 0 Å². The molecule has 3 aliphatic rings. The fraction of sp³-hybridized carbons (Fsp3) is 1.00. The van der Waals surface area contributed by atoms with Crippen LogP contribution in [0, 0.1) is 11.3 Å². The maximum Gasteiger partial charge on any atom is 0.0126 e. The maximum atomic E-state index is 3.95. The third-order valence-electron chi connectivity index (χ3n) is 5.38. The second-order valence-corrected chi connectivity index (χ2v) is 6.19. The fourth-order valence-electron chi connectivity index (χ4n) is 3.97. The Labute approximate surface area is 94.0 Å². The van der Waals surface area contributed by atoms with Crippen molar-refractivity contribution in [3.05, 3.63) is 0 Å². The van der Waals surface area contributed by atoms with Gasteiger partial charge >= 0.3 is 0 Å². The largest absolute Gasteiger partial charge is 0.310 e. The van der Waals surface area contributed by atoms with E-state index in [-0.39, 0.29) is 0 Å². The van der Waals surface area contributed by atoms with Crippen molar-refractivity contribution < 1.29 is 0 Å². The second kappa shape index (κ2) is 3.76. The summed E-state index contributed by atoms with van der Waals surface area (Å²) in [6.07, 6.45) is 13.4. The Morgan fingerprint density at radius 2 is 1.93 bits per heavy atom. The van der Waals surface area contributed by atoms with Crippen LogP contribution < -0.4 is 5.32 Å². The van der Waals surface area contributed by atoms with Crippen LogP contribution >= 0.6 is 0 Å². The van der Waals surface area contributed by atoms with Gasteiger partial charge in [-0.3, -0.25) is 0 Å². The van der Waals surface area contributed by atoms with Gasteiger partial charge in [0.1, 0.15) is 0 Å². The molecular weight excluding hydrogens is 182 g/mol. The minimum atomic E-state index is 0.763. The molecule has 3 rings (SSSR count). The molecule has 0 saturated heterocycles. The molecule has 1 N–H and O–H groups in total. The molecule has 0 aromatic rings. The summed E-state index contributed by atoms with van der Waals surface area (Å²) in [5.74, 6) is 1.02. The van der Waals surface area contributed by atoms with E-state index in [0.717, 1.165) is 23.4 Å². The highest BCUT2D eigenvalue weighted by Gasteiger charge is 2.49. The number of rotatable bonds is 3. The van der Waals surface area contributed by atoms with Gasteiger partial charge in [-0.05, 0) is 43.4 Å². The lowest BCUT2D eigenvalue weighted by molar-refractivity contribution is 0.0213. The van der Waals surface area contributed by atoms with E-state index in [1.54, 1.807) is 0 Å². The highest BCUT2D eigenvalue weighted by Crippen LogP contribution is 2.52. The van der Waals surface area contributed by atoms with Crippen molar-refractivity contribution in [1.82, 2.24) is 5.32 Å². The summed E-state index contributed by atoms with van der Waals surface area (Å²) in [4.78, 5) is 0. The standard InChI is InChI=1S/C14H25N/c1-2-11-10-12(11)15-13-6-9-14(13)7-4-3-5-8-14/h11-13,15H,2-10H2,1H3. The molecule has 0 aliphatic heterocycles. The molecule has 1 heteroatoms. The van der Waals surface area contributed by atoms with Gasteiger partial charge in [-0.2, -0.15) is 0 Å². The maximum absolute atomic E-state index is 3.95. The normalized spacial score (nSPS) is 42.6. The van der Waals surface area contributed by atoms with Gasteiger partial charge in [-0.15, -0.1) is 0 Å². The molecule has 0 aromatic heterocycles. The van der Waals surface area contributed by atoms with E-state index >= 15 is 0 Å². The summed E-state index contributed by atoms with van der Waals surface area (Å²) >= 11 is 0. The topological polar surface area (TPSA) is 12.0 Å². The van der Waals surface area contributed by atoms with Crippen LogP contribution in [0.1, 0.15) is 64.7 Å². The van der Waals surface area contributed by atoms with Crippen molar-refractivity contribution in [3.63, 3.8) is 0 Å². The third-order valence-corrected chi connectivity index (χ3v) is 5.38. The molecule has 3 unspecified atom stereocenters. The fourth-order valence-corrected chi connectivity index (χ4v) is 3.97. The highest BCUT2D eigenvalue weighted by molar-refractivity contribution is 5.05. The van der Waals surface area contributed by atoms with Crippen LogP contribution in [-0.4, -0.2) is 12.1 Å². The summed E-state index contributed by atoms with van der Waals surface area (Å²) < 4.78 is 0. The van der Waals surface area contributed by atoms with E-state index < -0.39 is 0 Å². The van der Waals surface area contributed by atoms with E-state index in [0.29, 0.717) is 0 Å². The first kappa shape index (κ1) is 10.1. The summed E-state index contributed by atoms with van der Waals surface area (Å²) in [5, 5.41) is 3.95. The van der Waals surface area contributed by atoms with Gasteiger partial charge in [0.05, 0.1) is 0 Å². The van der Waals surface area contributed by atoms with E-state index in [1.807, 2.05) is 0 Å². The molecular formula is C14H25N. The molecule has 0 aromatic carbocycles. The molecule has 0 heterocycles. The second-order valence-electron chi connectivity index (χ2n) is 6.19. The van der Waals surface area contributed by atoms with Crippen molar-refractivity contribution in [2.24, 2.45) is 11.3 Å². The van der Waals surface area contributed by atoms with Crippen LogP contribution in [0.15, 0.2) is 0 Å². The summed E-state index contributed by atoms with van der Waals surface area (Å²) in [5.41, 5.74) is 0.763. The Morgan fingerprint density at radius 3 is 2.47 bits per heavy atom. The summed E-state index contributed by atoms with van der Waals surface area (Å²) in [6, 6.07) is 1.80. The summed E-state index contributed by atoms with van der Waals surface area (Å²) in [7, 11) is 0. The molecule has 86 valence electrons. The van der Waals surface area contributed by atoms with Crippen LogP contribution in [0.25, 0.3) is 0 Å². The van der Waals surface area contributed by atoms with Crippen molar-refractivity contribution in [2.75, 3.05) is 0 Å². The first-order valence-electron chi connectivity index (χ1n) is 7.10. The Hall–Kier alpha value is -0.0400. The number of hydrogen-bond acceptors (Lipinski definition) is 1. The number of hydrogen-bond donors (Lipinski definition) is 1. The first-order chi connectivity index (χ1) is 7.34. The van der Waals surface area contributed by atoms with E-state index in [2.05, 4.69) is 12.2 Å². The Kier molecular flexibility index (Phi) is 2.54. The summed E-state index contributed by atoms with van der Waals surface area (Å²) in [6.45, 7) is 2.34. The van der Waals surface area contributed by atoms with Crippen molar-refractivity contribution >= 4 is 0 Å². The molecule has 3 saturated carbocycles. The van der Waals surface area contributed by atoms with Gasteiger partial charge in [0.25, 0.3) is 0 Å². The number of nitrogens with one attached hydrogen (secondary N) is 1. The predicted molar refractivity (Wildman–Crippen MR) is 63.9 cm³/mol. The molecule has 1 spiro atoms. The van der Waals surface area contributed by atoms with Gasteiger partial charge in [0.2, 0.25) is 0 Å². The minimum absolute atomic E-state index is 0.763. The lowest BCUT2D eigenvalue weighted by atomic mass is 9.57. The van der Waals surface area contributed by atoms with E-state index in [1.165, 1.54) is 57.8 Å². The zero-order valence-electron chi connectivity index (χ0n) is 10.1. The van der Waals surface area contributed by atoms with Crippen molar-refractivity contribution in [3.8, 4) is 0 Å². The Balaban J connectivity index is 1.54. The van der Waals surface area contributed by atoms with Gasteiger partial charge < -0.3 is 5.32 Å². The van der Waals surface area contributed by atoms with Gasteiger partial charge in [0, 0.05) is 12.1 Å². The van der Waals surface area contributed by atoms with Gasteiger partial charge in [-0.1, -0.05) is 32.6 Å². The highest BCUT2D eigenvalue weighted by atomic mass is 15.0. The zero-order chi connectivity index (χ0) is 10.3. The Morgan fingerprint density at radius 1 is 1.13 bits per heavy atom. The van der Waals surface area contributed by atoms with Crippen molar-refractivity contribution in [2.45, 2.75) is 76.8 Å². The van der Waals surface area contributed by atoms with Gasteiger partial charge in [0.15, 0.2) is 0 Å². The van der Waals surface area contributed by atoms with Crippen LogP contribution in [0.3, 0.4) is 0 Å². The molecule has 0 radical (unpaired) electrons. The van der Waals surface area contributed by atoms with Crippen LogP contribution in [0.5, 0.6) is 0 Å². The lowest BCUT2D eigenvalue weighted by Gasteiger charge is -2.53. The van der Waals surface area contributed by atoms with Crippen LogP contribution in [0.2, 0.25) is 0 Å². The van der Waals surface area contributed by atoms with Crippen LogP contribution in [0.4, 0.5) is 0 Å². The predicted octanol–water partition coefficient (Wildman–Crippen LogP) is 3.49. The molecule has 1 nitrogen and oxygen atoms in total.